The molecule has 1 N–H and O–H groups in total. The van der Waals surface area contributed by atoms with Crippen molar-refractivity contribution in [2.24, 2.45) is 11.8 Å². The van der Waals surface area contributed by atoms with Crippen molar-refractivity contribution in [2.45, 2.75) is 45.1 Å². The van der Waals surface area contributed by atoms with Gasteiger partial charge in [-0.1, -0.05) is 43.0 Å². The summed E-state index contributed by atoms with van der Waals surface area (Å²) < 4.78 is 5.66. The fourth-order valence-corrected chi connectivity index (χ4v) is 3.82. The molecule has 0 spiro atoms. The Morgan fingerprint density at radius 2 is 1.85 bits per heavy atom. The van der Waals surface area contributed by atoms with Gasteiger partial charge >= 0.3 is 0 Å². The number of amides is 3. The molecule has 140 valence electrons. The molecule has 0 bridgehead atoms. The van der Waals surface area contributed by atoms with Crippen LogP contribution in [-0.2, 0) is 14.4 Å². The number of benzene rings is 1. The number of hydrazine groups is 1. The van der Waals surface area contributed by atoms with Crippen LogP contribution in [-0.4, -0.2) is 28.8 Å². The lowest BCUT2D eigenvalue weighted by molar-refractivity contribution is -0.151. The molecule has 1 aliphatic heterocycles. The van der Waals surface area contributed by atoms with Crippen LogP contribution in [0.4, 0.5) is 0 Å². The largest absolute Gasteiger partial charge is 0.479 e. The van der Waals surface area contributed by atoms with Crippen LogP contribution < -0.4 is 10.2 Å². The van der Waals surface area contributed by atoms with Gasteiger partial charge in [-0.05, 0) is 31.4 Å². The number of halogens is 2. The minimum Gasteiger partial charge on any atom is -0.479 e. The van der Waals surface area contributed by atoms with E-state index in [4.69, 9.17) is 27.9 Å². The first-order valence-electron chi connectivity index (χ1n) is 8.72. The summed E-state index contributed by atoms with van der Waals surface area (Å²) >= 11 is 12.0. The average Bonchev–Trinajstić information content (AvgIpc) is 2.87. The topological polar surface area (TPSA) is 75.7 Å². The third-order valence-electron chi connectivity index (χ3n) is 4.89. The summed E-state index contributed by atoms with van der Waals surface area (Å²) in [5, 5.41) is 1.61. The highest BCUT2D eigenvalue weighted by Gasteiger charge is 2.49. The van der Waals surface area contributed by atoms with Gasteiger partial charge in [0.2, 0.25) is 0 Å². The third kappa shape index (κ3) is 3.67. The van der Waals surface area contributed by atoms with Crippen molar-refractivity contribution in [1.29, 1.82) is 0 Å². The smallest absolute Gasteiger partial charge is 0.279 e. The molecule has 6 nitrogen and oxygen atoms in total. The molecule has 0 radical (unpaired) electrons. The van der Waals surface area contributed by atoms with E-state index in [1.165, 1.54) is 6.07 Å². The summed E-state index contributed by atoms with van der Waals surface area (Å²) in [4.78, 5) is 37.5. The van der Waals surface area contributed by atoms with Gasteiger partial charge in [0.05, 0.1) is 16.9 Å². The molecule has 26 heavy (non-hydrogen) atoms. The Hall–Kier alpha value is -1.79. The lowest BCUT2D eigenvalue weighted by atomic mass is 9.81. The Labute approximate surface area is 161 Å². The van der Waals surface area contributed by atoms with Gasteiger partial charge in [-0.15, -0.1) is 0 Å². The lowest BCUT2D eigenvalue weighted by Crippen LogP contribution is -2.51. The van der Waals surface area contributed by atoms with Crippen molar-refractivity contribution in [3.05, 3.63) is 28.2 Å². The number of ether oxygens (including phenoxy) is 1. The molecule has 3 rings (SSSR count). The molecule has 1 aromatic rings. The van der Waals surface area contributed by atoms with Gasteiger partial charge in [-0.25, -0.2) is 0 Å². The fraction of sp³-hybridized carbons (Fsp3) is 0.500. The van der Waals surface area contributed by atoms with E-state index < -0.39 is 12.0 Å². The number of carbonyl (C=O) groups is 3. The van der Waals surface area contributed by atoms with Crippen LogP contribution in [0.1, 0.15) is 39.0 Å². The van der Waals surface area contributed by atoms with Crippen LogP contribution in [0.15, 0.2) is 18.2 Å². The van der Waals surface area contributed by atoms with Gasteiger partial charge in [-0.3, -0.25) is 19.8 Å². The van der Waals surface area contributed by atoms with E-state index >= 15 is 0 Å². The molecule has 3 amide bonds. The monoisotopic (exact) mass is 398 g/mol. The molecule has 8 heteroatoms. The van der Waals surface area contributed by atoms with E-state index in [9.17, 15) is 14.4 Å². The molecular formula is C18H20Cl2N2O4. The summed E-state index contributed by atoms with van der Waals surface area (Å²) in [7, 11) is 0. The Balaban J connectivity index is 1.70. The normalized spacial score (nSPS) is 23.6. The van der Waals surface area contributed by atoms with E-state index in [0.29, 0.717) is 29.3 Å². The van der Waals surface area contributed by atoms with Gasteiger partial charge < -0.3 is 4.74 Å². The van der Waals surface area contributed by atoms with E-state index in [1.807, 2.05) is 0 Å². The van der Waals surface area contributed by atoms with Crippen LogP contribution >= 0.6 is 23.2 Å². The Bertz CT molecular complexity index is 716. The maximum atomic E-state index is 12.6. The lowest BCUT2D eigenvalue weighted by Gasteiger charge is -2.22. The van der Waals surface area contributed by atoms with E-state index in [2.05, 4.69) is 5.43 Å². The number of carbonyl (C=O) groups excluding carboxylic acids is 3. The highest BCUT2D eigenvalue weighted by Crippen LogP contribution is 2.37. The Morgan fingerprint density at radius 3 is 2.42 bits per heavy atom. The quantitative estimate of drug-likeness (QED) is 0.771. The highest BCUT2D eigenvalue weighted by atomic mass is 35.5. The molecular weight excluding hydrogens is 379 g/mol. The van der Waals surface area contributed by atoms with Crippen LogP contribution in [0.25, 0.3) is 0 Å². The van der Waals surface area contributed by atoms with Crippen LogP contribution in [0.3, 0.4) is 0 Å². The van der Waals surface area contributed by atoms with Crippen LogP contribution in [0, 0.1) is 11.8 Å². The van der Waals surface area contributed by atoms with Gasteiger partial charge in [0, 0.05) is 11.1 Å². The molecule has 1 saturated heterocycles. The molecule has 1 aliphatic carbocycles. The summed E-state index contributed by atoms with van der Waals surface area (Å²) in [5.41, 5.74) is 2.43. The van der Waals surface area contributed by atoms with Crippen LogP contribution in [0.5, 0.6) is 5.75 Å². The first-order valence-corrected chi connectivity index (χ1v) is 9.48. The summed E-state index contributed by atoms with van der Waals surface area (Å²) in [6, 6.07) is 4.70. The summed E-state index contributed by atoms with van der Waals surface area (Å²) in [6.07, 6.45) is 2.65. The molecule has 1 saturated carbocycles. The minimum atomic E-state index is -0.908. The first kappa shape index (κ1) is 19.0. The molecule has 0 aromatic heterocycles. The second-order valence-electron chi connectivity index (χ2n) is 6.57. The van der Waals surface area contributed by atoms with Crippen molar-refractivity contribution < 1.29 is 19.1 Å². The van der Waals surface area contributed by atoms with E-state index in [1.54, 1.807) is 19.1 Å². The Morgan fingerprint density at radius 1 is 1.23 bits per heavy atom. The van der Waals surface area contributed by atoms with Crippen molar-refractivity contribution in [3.63, 3.8) is 0 Å². The molecule has 1 heterocycles. The minimum absolute atomic E-state index is 0.272. The number of fused-ring (bicyclic) bond motifs is 1. The molecule has 1 aromatic carbocycles. The number of imide groups is 1. The maximum Gasteiger partial charge on any atom is 0.279 e. The third-order valence-corrected chi connectivity index (χ3v) is 5.44. The SMILES string of the molecule is CC[C@@H](Oc1cc(Cl)ccc1Cl)C(=O)NN1C(=O)[C@H]2CCCC[C@H]2C1=O. The average molecular weight is 399 g/mol. The van der Waals surface area contributed by atoms with Crippen molar-refractivity contribution in [2.75, 3.05) is 0 Å². The van der Waals surface area contributed by atoms with Gasteiger partial charge in [0.25, 0.3) is 17.7 Å². The standard InChI is InChI=1S/C18H20Cl2N2O4/c1-2-14(26-15-9-10(19)7-8-13(15)20)16(23)21-22-17(24)11-5-3-4-6-12(11)18(22)25/h7-9,11-12,14H,2-6H2,1H3,(H,21,23)/t11-,12+,14-/m1/s1. The van der Waals surface area contributed by atoms with Crippen molar-refractivity contribution in [3.8, 4) is 5.75 Å². The first-order chi connectivity index (χ1) is 12.4. The summed E-state index contributed by atoms with van der Waals surface area (Å²) in [5.74, 6) is -1.59. The molecule has 2 fully saturated rings. The summed E-state index contributed by atoms with van der Waals surface area (Å²) in [6.45, 7) is 1.76. The molecule has 3 atom stereocenters. The highest BCUT2D eigenvalue weighted by molar-refractivity contribution is 6.34. The fourth-order valence-electron chi connectivity index (χ4n) is 3.50. The van der Waals surface area contributed by atoms with Crippen LogP contribution in [0.2, 0.25) is 10.0 Å². The zero-order valence-corrected chi connectivity index (χ0v) is 15.8. The predicted octanol–water partition coefficient (Wildman–Crippen LogP) is 3.36. The second kappa shape index (κ2) is 7.84. The predicted molar refractivity (Wildman–Crippen MR) is 96.6 cm³/mol. The Kier molecular flexibility index (Phi) is 5.73. The van der Waals surface area contributed by atoms with E-state index in [-0.39, 0.29) is 29.4 Å². The van der Waals surface area contributed by atoms with Gasteiger partial charge in [0.15, 0.2) is 6.10 Å². The number of hydrogen-bond donors (Lipinski definition) is 1. The molecule has 0 unspecified atom stereocenters. The number of nitrogens with zero attached hydrogens (tertiary/aromatic N) is 1. The van der Waals surface area contributed by atoms with E-state index in [0.717, 1.165) is 17.9 Å². The van der Waals surface area contributed by atoms with Crippen molar-refractivity contribution >= 4 is 40.9 Å². The van der Waals surface area contributed by atoms with Crippen molar-refractivity contribution in [1.82, 2.24) is 10.4 Å². The second-order valence-corrected chi connectivity index (χ2v) is 7.42. The van der Waals surface area contributed by atoms with Gasteiger partial charge in [0.1, 0.15) is 5.75 Å². The molecule has 2 aliphatic rings. The number of rotatable bonds is 5. The maximum absolute atomic E-state index is 12.6. The zero-order chi connectivity index (χ0) is 18.8. The zero-order valence-electron chi connectivity index (χ0n) is 14.3. The number of nitrogens with one attached hydrogen (secondary N) is 1. The van der Waals surface area contributed by atoms with Gasteiger partial charge in [-0.2, -0.15) is 5.01 Å². The number of hydrogen-bond acceptors (Lipinski definition) is 4.